The summed E-state index contributed by atoms with van der Waals surface area (Å²) in [5.74, 6) is 1.61. The van der Waals surface area contributed by atoms with Gasteiger partial charge < -0.3 is 9.64 Å². The third kappa shape index (κ3) is 1.87. The maximum Gasteiger partial charge on any atom is 0.258 e. The molecule has 1 unspecified atom stereocenters. The van der Waals surface area contributed by atoms with E-state index in [0.29, 0.717) is 11.9 Å². The van der Waals surface area contributed by atoms with Gasteiger partial charge in [0.15, 0.2) is 5.82 Å². The van der Waals surface area contributed by atoms with Gasteiger partial charge in [0.25, 0.3) is 5.88 Å². The maximum absolute atomic E-state index is 5.80. The van der Waals surface area contributed by atoms with Crippen molar-refractivity contribution in [1.29, 1.82) is 0 Å². The van der Waals surface area contributed by atoms with E-state index in [-0.39, 0.29) is 0 Å². The highest BCUT2D eigenvalue weighted by molar-refractivity contribution is 9.10. The van der Waals surface area contributed by atoms with E-state index in [4.69, 9.17) is 9.72 Å². The van der Waals surface area contributed by atoms with E-state index in [1.54, 1.807) is 0 Å². The Kier molecular flexibility index (Phi) is 2.62. The predicted molar refractivity (Wildman–Crippen MR) is 77.7 cm³/mol. The fourth-order valence-electron chi connectivity index (χ4n) is 2.91. The topological polar surface area (TPSA) is 38.2 Å². The fraction of sp³-hybridized carbons (Fsp3) is 0.429. The molecule has 2 aromatic rings. The molecule has 2 aliphatic heterocycles. The van der Waals surface area contributed by atoms with E-state index in [9.17, 15) is 0 Å². The summed E-state index contributed by atoms with van der Waals surface area (Å²) >= 11 is 3.48. The SMILES string of the molecule is Brc1ccc2nc3c(nc2c1)N1CCCCC1CO3. The molecule has 2 aliphatic rings. The smallest absolute Gasteiger partial charge is 0.258 e. The molecule has 0 saturated carbocycles. The number of halogens is 1. The van der Waals surface area contributed by atoms with Crippen LogP contribution in [0.4, 0.5) is 5.82 Å². The fourth-order valence-corrected chi connectivity index (χ4v) is 3.26. The normalized spacial score (nSPS) is 21.7. The lowest BCUT2D eigenvalue weighted by atomic mass is 10.0. The summed E-state index contributed by atoms with van der Waals surface area (Å²) in [6, 6.07) is 6.44. The largest absolute Gasteiger partial charge is 0.473 e. The Morgan fingerprint density at radius 1 is 1.21 bits per heavy atom. The minimum atomic E-state index is 0.472. The first-order valence-electron chi connectivity index (χ1n) is 6.68. The molecule has 0 aliphatic carbocycles. The number of aromatic nitrogens is 2. The summed E-state index contributed by atoms with van der Waals surface area (Å²) in [7, 11) is 0. The number of anilines is 1. The van der Waals surface area contributed by atoms with Crippen molar-refractivity contribution in [3.63, 3.8) is 0 Å². The maximum atomic E-state index is 5.80. The molecule has 98 valence electrons. The van der Waals surface area contributed by atoms with E-state index < -0.39 is 0 Å². The van der Waals surface area contributed by atoms with E-state index in [2.05, 4.69) is 25.8 Å². The van der Waals surface area contributed by atoms with Crippen LogP contribution in [0.15, 0.2) is 22.7 Å². The van der Waals surface area contributed by atoms with Crippen LogP contribution in [0.3, 0.4) is 0 Å². The first-order valence-corrected chi connectivity index (χ1v) is 7.47. The predicted octanol–water partition coefficient (Wildman–Crippen LogP) is 3.14. The van der Waals surface area contributed by atoms with Crippen LogP contribution < -0.4 is 9.64 Å². The Morgan fingerprint density at radius 2 is 2.16 bits per heavy atom. The third-order valence-electron chi connectivity index (χ3n) is 3.89. The van der Waals surface area contributed by atoms with Gasteiger partial charge >= 0.3 is 0 Å². The first-order chi connectivity index (χ1) is 9.31. The summed E-state index contributed by atoms with van der Waals surface area (Å²) in [4.78, 5) is 11.7. The number of fused-ring (bicyclic) bond motifs is 4. The summed E-state index contributed by atoms with van der Waals surface area (Å²) in [5.41, 5.74) is 1.81. The second kappa shape index (κ2) is 4.34. The van der Waals surface area contributed by atoms with Crippen LogP contribution in [0.2, 0.25) is 0 Å². The van der Waals surface area contributed by atoms with Gasteiger partial charge in [0.05, 0.1) is 17.1 Å². The zero-order valence-electron chi connectivity index (χ0n) is 10.5. The van der Waals surface area contributed by atoms with Crippen LogP contribution in [0.1, 0.15) is 19.3 Å². The Balaban J connectivity index is 1.87. The van der Waals surface area contributed by atoms with Crippen molar-refractivity contribution in [1.82, 2.24) is 9.97 Å². The van der Waals surface area contributed by atoms with Crippen molar-refractivity contribution in [3.05, 3.63) is 22.7 Å². The lowest BCUT2D eigenvalue weighted by Crippen LogP contribution is -2.46. The van der Waals surface area contributed by atoms with Crippen LogP contribution in [0.25, 0.3) is 11.0 Å². The Bertz CT molecular complexity index is 646. The van der Waals surface area contributed by atoms with E-state index in [1.807, 2.05) is 18.2 Å². The zero-order valence-corrected chi connectivity index (χ0v) is 12.1. The molecule has 3 heterocycles. The number of hydrogen-bond acceptors (Lipinski definition) is 4. The Hall–Kier alpha value is -1.36. The minimum Gasteiger partial charge on any atom is -0.473 e. The summed E-state index contributed by atoms with van der Waals surface area (Å²) in [6.45, 7) is 1.80. The molecule has 0 radical (unpaired) electrons. The number of hydrogen-bond donors (Lipinski definition) is 0. The summed E-state index contributed by atoms with van der Waals surface area (Å²) < 4.78 is 6.83. The van der Waals surface area contributed by atoms with Gasteiger partial charge in [0.2, 0.25) is 0 Å². The van der Waals surface area contributed by atoms with Crippen LogP contribution in [-0.4, -0.2) is 29.2 Å². The minimum absolute atomic E-state index is 0.472. The summed E-state index contributed by atoms with van der Waals surface area (Å²) in [5, 5.41) is 0. The standard InChI is InChI=1S/C14H14BrN3O/c15-9-4-5-11-12(7-9)16-13-14(17-11)19-8-10-3-1-2-6-18(10)13/h4-5,7,10H,1-3,6,8H2. The molecule has 5 heteroatoms. The summed E-state index contributed by atoms with van der Waals surface area (Å²) in [6.07, 6.45) is 3.71. The van der Waals surface area contributed by atoms with Crippen molar-refractivity contribution >= 4 is 32.8 Å². The second-order valence-electron chi connectivity index (χ2n) is 5.14. The van der Waals surface area contributed by atoms with Gasteiger partial charge in [-0.2, -0.15) is 0 Å². The molecule has 0 amide bonds. The molecule has 1 atom stereocenters. The lowest BCUT2D eigenvalue weighted by Gasteiger charge is -2.40. The number of rotatable bonds is 0. The van der Waals surface area contributed by atoms with Crippen molar-refractivity contribution in [3.8, 4) is 5.88 Å². The molecule has 1 fully saturated rings. The lowest BCUT2D eigenvalue weighted by molar-refractivity contribution is 0.230. The average Bonchev–Trinajstić information content (AvgIpc) is 2.45. The van der Waals surface area contributed by atoms with E-state index >= 15 is 0 Å². The number of benzene rings is 1. The van der Waals surface area contributed by atoms with E-state index in [0.717, 1.165) is 34.5 Å². The second-order valence-corrected chi connectivity index (χ2v) is 6.06. The third-order valence-corrected chi connectivity index (χ3v) is 4.38. The van der Waals surface area contributed by atoms with Crippen molar-refractivity contribution in [2.45, 2.75) is 25.3 Å². The van der Waals surface area contributed by atoms with Crippen molar-refractivity contribution in [2.24, 2.45) is 0 Å². The van der Waals surface area contributed by atoms with Crippen LogP contribution in [0.5, 0.6) is 5.88 Å². The monoisotopic (exact) mass is 319 g/mol. The highest BCUT2D eigenvalue weighted by atomic mass is 79.9. The quantitative estimate of drug-likeness (QED) is 0.747. The highest BCUT2D eigenvalue weighted by Gasteiger charge is 2.32. The van der Waals surface area contributed by atoms with Gasteiger partial charge in [0, 0.05) is 11.0 Å². The van der Waals surface area contributed by atoms with Gasteiger partial charge in [-0.05, 0) is 37.5 Å². The average molecular weight is 320 g/mol. The van der Waals surface area contributed by atoms with Gasteiger partial charge in [0.1, 0.15) is 6.61 Å². The molecular formula is C14H14BrN3O. The van der Waals surface area contributed by atoms with Gasteiger partial charge in [-0.15, -0.1) is 0 Å². The molecule has 0 bridgehead atoms. The van der Waals surface area contributed by atoms with Gasteiger partial charge in [-0.25, -0.2) is 9.97 Å². The van der Waals surface area contributed by atoms with E-state index in [1.165, 1.54) is 19.3 Å². The molecule has 19 heavy (non-hydrogen) atoms. The molecule has 4 rings (SSSR count). The molecule has 0 N–H and O–H groups in total. The van der Waals surface area contributed by atoms with Gasteiger partial charge in [-0.3, -0.25) is 0 Å². The van der Waals surface area contributed by atoms with Crippen molar-refractivity contribution in [2.75, 3.05) is 18.1 Å². The Labute approximate surface area is 119 Å². The van der Waals surface area contributed by atoms with Gasteiger partial charge in [-0.1, -0.05) is 15.9 Å². The number of nitrogens with zero attached hydrogens (tertiary/aromatic N) is 3. The van der Waals surface area contributed by atoms with Crippen LogP contribution in [0, 0.1) is 0 Å². The van der Waals surface area contributed by atoms with Crippen LogP contribution in [-0.2, 0) is 0 Å². The molecular weight excluding hydrogens is 306 g/mol. The zero-order chi connectivity index (χ0) is 12.8. The Morgan fingerprint density at radius 3 is 3.11 bits per heavy atom. The molecule has 1 aromatic heterocycles. The molecule has 1 aromatic carbocycles. The van der Waals surface area contributed by atoms with Crippen LogP contribution >= 0.6 is 15.9 Å². The number of ether oxygens (including phenoxy) is 1. The molecule has 0 spiro atoms. The molecule has 4 nitrogen and oxygen atoms in total. The number of piperidine rings is 1. The first kappa shape index (κ1) is 11.5. The molecule has 1 saturated heterocycles. The van der Waals surface area contributed by atoms with Crippen molar-refractivity contribution < 1.29 is 4.74 Å². The highest BCUT2D eigenvalue weighted by Crippen LogP contribution is 2.35.